The number of hydrogen-bond acceptors (Lipinski definition) is 5. The van der Waals surface area contributed by atoms with Gasteiger partial charge in [-0.2, -0.15) is 0 Å². The van der Waals surface area contributed by atoms with Crippen molar-refractivity contribution in [3.8, 4) is 0 Å². The summed E-state index contributed by atoms with van der Waals surface area (Å²) in [5.74, 6) is 0.155. The van der Waals surface area contributed by atoms with Crippen molar-refractivity contribution in [2.45, 2.75) is 44.4 Å². The van der Waals surface area contributed by atoms with Gasteiger partial charge in [-0.25, -0.2) is 0 Å². The monoisotopic (exact) mass is 280 g/mol. The fraction of sp³-hybridized carbons (Fsp3) is 0.714. The summed E-state index contributed by atoms with van der Waals surface area (Å²) in [5, 5.41) is 3.67. The minimum atomic E-state index is -0.381. The van der Waals surface area contributed by atoms with Gasteiger partial charge in [-0.15, -0.1) is 0 Å². The van der Waals surface area contributed by atoms with Crippen molar-refractivity contribution < 1.29 is 18.8 Å². The summed E-state index contributed by atoms with van der Waals surface area (Å²) in [5.41, 5.74) is 0.543. The Labute approximate surface area is 118 Å². The van der Waals surface area contributed by atoms with Crippen LogP contribution in [0.4, 0.5) is 0 Å². The lowest BCUT2D eigenvalue weighted by Crippen LogP contribution is -2.45. The second-order valence-electron chi connectivity index (χ2n) is 5.55. The molecule has 0 atom stereocenters. The predicted molar refractivity (Wildman–Crippen MR) is 70.2 cm³/mol. The highest BCUT2D eigenvalue weighted by Gasteiger charge is 2.41. The molecule has 3 rings (SSSR count). The zero-order valence-corrected chi connectivity index (χ0v) is 11.9. The summed E-state index contributed by atoms with van der Waals surface area (Å²) in [6.45, 7) is 3.11. The van der Waals surface area contributed by atoms with E-state index in [0.29, 0.717) is 24.5 Å². The maximum atomic E-state index is 12.4. The first-order chi connectivity index (χ1) is 9.61. The minimum Gasteiger partial charge on any atom is -0.361 e. The first-order valence-corrected chi connectivity index (χ1v) is 7.08. The second kappa shape index (κ2) is 5.18. The highest BCUT2D eigenvalue weighted by molar-refractivity contribution is 5.94. The highest BCUT2D eigenvalue weighted by Crippen LogP contribution is 2.37. The number of carbonyl (C=O) groups is 1. The summed E-state index contributed by atoms with van der Waals surface area (Å²) in [7, 11) is 1.84. The third-order valence-corrected chi connectivity index (χ3v) is 4.38. The van der Waals surface area contributed by atoms with E-state index in [9.17, 15) is 4.79 Å². The van der Waals surface area contributed by atoms with Gasteiger partial charge in [-0.05, 0) is 19.8 Å². The van der Waals surface area contributed by atoms with Crippen LogP contribution in [0.25, 0.3) is 0 Å². The van der Waals surface area contributed by atoms with Crippen LogP contribution in [0.2, 0.25) is 0 Å². The van der Waals surface area contributed by atoms with Crippen LogP contribution >= 0.6 is 0 Å². The Hall–Kier alpha value is -1.40. The first kappa shape index (κ1) is 13.6. The van der Waals surface area contributed by atoms with E-state index in [0.717, 1.165) is 25.7 Å². The molecule has 1 amide bonds. The third-order valence-electron chi connectivity index (χ3n) is 4.38. The zero-order chi connectivity index (χ0) is 14.2. The number of carbonyl (C=O) groups excluding carboxylic acids is 1. The number of aryl methyl sites for hydroxylation is 1. The van der Waals surface area contributed by atoms with Crippen molar-refractivity contribution in [1.82, 2.24) is 10.1 Å². The number of aromatic nitrogens is 1. The molecule has 0 bridgehead atoms. The van der Waals surface area contributed by atoms with Crippen LogP contribution in [0.1, 0.15) is 41.8 Å². The lowest BCUT2D eigenvalue weighted by Gasteiger charge is -2.38. The molecule has 2 fully saturated rings. The molecular weight excluding hydrogens is 260 g/mol. The van der Waals surface area contributed by atoms with Crippen molar-refractivity contribution in [2.75, 3.05) is 20.3 Å². The fourth-order valence-electron chi connectivity index (χ4n) is 3.08. The molecule has 1 aromatic rings. The van der Waals surface area contributed by atoms with Crippen LogP contribution in [0.5, 0.6) is 0 Å². The van der Waals surface area contributed by atoms with Gasteiger partial charge in [-0.1, -0.05) is 5.16 Å². The lowest BCUT2D eigenvalue weighted by molar-refractivity contribution is -0.182. The zero-order valence-electron chi connectivity index (χ0n) is 11.9. The molecule has 6 nitrogen and oxygen atoms in total. The quantitative estimate of drug-likeness (QED) is 0.825. The number of amides is 1. The molecule has 1 aliphatic carbocycles. The maximum Gasteiger partial charge on any atom is 0.259 e. The molecular formula is C14H20N2O4. The topological polar surface area (TPSA) is 64.8 Å². The Kier molecular flexibility index (Phi) is 3.52. The normalized spacial score (nSPS) is 22.3. The molecule has 0 radical (unpaired) electrons. The minimum absolute atomic E-state index is 0.0297. The third kappa shape index (κ3) is 2.33. The van der Waals surface area contributed by atoms with Crippen molar-refractivity contribution in [2.24, 2.45) is 0 Å². The summed E-state index contributed by atoms with van der Waals surface area (Å²) in [4.78, 5) is 14.2. The number of rotatable bonds is 2. The van der Waals surface area contributed by atoms with Gasteiger partial charge in [0, 0.05) is 25.9 Å². The molecule has 20 heavy (non-hydrogen) atoms. The highest BCUT2D eigenvalue weighted by atomic mass is 16.7. The van der Waals surface area contributed by atoms with E-state index in [1.54, 1.807) is 11.8 Å². The lowest BCUT2D eigenvalue weighted by atomic mass is 9.89. The summed E-state index contributed by atoms with van der Waals surface area (Å²) in [6, 6.07) is 0.218. The average Bonchev–Trinajstić information content (AvgIpc) is 3.08. The molecule has 6 heteroatoms. The largest absolute Gasteiger partial charge is 0.361 e. The van der Waals surface area contributed by atoms with Crippen LogP contribution in [0.3, 0.4) is 0 Å². The SMILES string of the molecule is Cc1oncc1C(=O)N(C)C1CCC2(CC1)OCCO2. The Morgan fingerprint density at radius 1 is 1.35 bits per heavy atom. The Balaban J connectivity index is 1.63. The van der Waals surface area contributed by atoms with Gasteiger partial charge < -0.3 is 18.9 Å². The van der Waals surface area contributed by atoms with Crippen molar-refractivity contribution in [3.05, 3.63) is 17.5 Å². The van der Waals surface area contributed by atoms with E-state index >= 15 is 0 Å². The van der Waals surface area contributed by atoms with Crippen LogP contribution in [-0.2, 0) is 9.47 Å². The molecule has 0 N–H and O–H groups in total. The summed E-state index contributed by atoms with van der Waals surface area (Å²) < 4.78 is 16.4. The summed E-state index contributed by atoms with van der Waals surface area (Å²) >= 11 is 0. The summed E-state index contributed by atoms with van der Waals surface area (Å²) in [6.07, 6.45) is 4.97. The molecule has 1 spiro atoms. The van der Waals surface area contributed by atoms with Crippen molar-refractivity contribution in [1.29, 1.82) is 0 Å². The molecule has 0 aromatic carbocycles. The molecule has 2 aliphatic rings. The van der Waals surface area contributed by atoms with Gasteiger partial charge in [0.2, 0.25) is 0 Å². The van der Waals surface area contributed by atoms with Gasteiger partial charge in [0.1, 0.15) is 11.3 Å². The second-order valence-corrected chi connectivity index (χ2v) is 5.55. The molecule has 1 aliphatic heterocycles. The number of nitrogens with zero attached hydrogens (tertiary/aromatic N) is 2. The maximum absolute atomic E-state index is 12.4. The number of hydrogen-bond donors (Lipinski definition) is 0. The Morgan fingerprint density at radius 2 is 2.00 bits per heavy atom. The van der Waals surface area contributed by atoms with E-state index in [1.807, 2.05) is 7.05 Å². The van der Waals surface area contributed by atoms with Gasteiger partial charge in [0.25, 0.3) is 5.91 Å². The van der Waals surface area contributed by atoms with E-state index in [4.69, 9.17) is 14.0 Å². The fourth-order valence-corrected chi connectivity index (χ4v) is 3.08. The Morgan fingerprint density at radius 3 is 2.55 bits per heavy atom. The van der Waals surface area contributed by atoms with Crippen LogP contribution in [0, 0.1) is 6.92 Å². The van der Waals surface area contributed by atoms with E-state index in [-0.39, 0.29) is 17.7 Å². The average molecular weight is 280 g/mol. The molecule has 2 heterocycles. The smallest absolute Gasteiger partial charge is 0.259 e. The van der Waals surface area contributed by atoms with Gasteiger partial charge in [0.15, 0.2) is 5.79 Å². The predicted octanol–water partition coefficient (Wildman–Crippen LogP) is 1.74. The molecule has 1 saturated carbocycles. The standard InChI is InChI=1S/C14H20N2O4/c1-10-12(9-15-20-10)13(17)16(2)11-3-5-14(6-4-11)18-7-8-19-14/h9,11H,3-8H2,1-2H3. The molecule has 1 aromatic heterocycles. The molecule has 1 saturated heterocycles. The van der Waals surface area contributed by atoms with Crippen molar-refractivity contribution in [3.63, 3.8) is 0 Å². The van der Waals surface area contributed by atoms with Crippen molar-refractivity contribution >= 4 is 5.91 Å². The van der Waals surface area contributed by atoms with Crippen LogP contribution < -0.4 is 0 Å². The van der Waals surface area contributed by atoms with E-state index in [2.05, 4.69) is 5.16 Å². The molecule has 0 unspecified atom stereocenters. The van der Waals surface area contributed by atoms with E-state index in [1.165, 1.54) is 6.20 Å². The first-order valence-electron chi connectivity index (χ1n) is 7.08. The van der Waals surface area contributed by atoms with Crippen LogP contribution in [-0.4, -0.2) is 48.1 Å². The van der Waals surface area contributed by atoms with Gasteiger partial charge in [-0.3, -0.25) is 4.79 Å². The number of ether oxygens (including phenoxy) is 2. The van der Waals surface area contributed by atoms with Gasteiger partial charge >= 0.3 is 0 Å². The van der Waals surface area contributed by atoms with Crippen LogP contribution in [0.15, 0.2) is 10.7 Å². The van der Waals surface area contributed by atoms with Gasteiger partial charge in [0.05, 0.1) is 19.4 Å². The van der Waals surface area contributed by atoms with E-state index < -0.39 is 0 Å². The Bertz CT molecular complexity index is 483. The molecule has 110 valence electrons.